The van der Waals surface area contributed by atoms with Crippen LogP contribution in [0, 0.1) is 11.3 Å². The molecular weight excluding hydrogens is 260 g/mol. The van der Waals surface area contributed by atoms with Gasteiger partial charge in [0.25, 0.3) is 0 Å². The van der Waals surface area contributed by atoms with Crippen molar-refractivity contribution in [1.29, 1.82) is 5.26 Å². The Labute approximate surface area is 125 Å². The van der Waals surface area contributed by atoms with E-state index in [2.05, 4.69) is 28.9 Å². The maximum atomic E-state index is 8.93. The molecule has 1 aromatic carbocycles. The minimum Gasteiger partial charge on any atom is -0.399 e. The van der Waals surface area contributed by atoms with Gasteiger partial charge in [0.05, 0.1) is 0 Å². The number of anilines is 1. The van der Waals surface area contributed by atoms with Crippen molar-refractivity contribution in [2.45, 2.75) is 26.4 Å². The van der Waals surface area contributed by atoms with E-state index in [4.69, 9.17) is 11.0 Å². The SMILES string of the molecule is CCCN(Cc1cccc(N)c1)Cc1ccnc(C#N)c1. The smallest absolute Gasteiger partial charge is 0.140 e. The van der Waals surface area contributed by atoms with Gasteiger partial charge >= 0.3 is 0 Å². The third kappa shape index (κ3) is 4.59. The van der Waals surface area contributed by atoms with Crippen LogP contribution in [0.15, 0.2) is 42.6 Å². The number of rotatable bonds is 6. The van der Waals surface area contributed by atoms with Crippen molar-refractivity contribution in [3.8, 4) is 6.07 Å². The summed E-state index contributed by atoms with van der Waals surface area (Å²) in [6, 6.07) is 13.9. The van der Waals surface area contributed by atoms with Crippen molar-refractivity contribution >= 4 is 5.69 Å². The Hall–Kier alpha value is -2.38. The standard InChI is InChI=1S/C17H20N4/c1-2-8-21(12-14-4-3-5-16(19)9-14)13-15-6-7-20-17(10-15)11-18/h3-7,9-10H,2,8,12-13,19H2,1H3. The molecule has 0 aliphatic heterocycles. The van der Waals surface area contributed by atoms with E-state index in [1.54, 1.807) is 6.20 Å². The van der Waals surface area contributed by atoms with Gasteiger partial charge in [-0.1, -0.05) is 19.1 Å². The van der Waals surface area contributed by atoms with Crippen LogP contribution in [0.3, 0.4) is 0 Å². The molecule has 108 valence electrons. The summed E-state index contributed by atoms with van der Waals surface area (Å²) in [4.78, 5) is 6.36. The van der Waals surface area contributed by atoms with Crippen LogP contribution in [0.1, 0.15) is 30.2 Å². The molecule has 2 N–H and O–H groups in total. The minimum atomic E-state index is 0.466. The molecule has 0 radical (unpaired) electrons. The highest BCUT2D eigenvalue weighted by Gasteiger charge is 2.07. The summed E-state index contributed by atoms with van der Waals surface area (Å²) >= 11 is 0. The Balaban J connectivity index is 2.10. The first-order chi connectivity index (χ1) is 10.2. The van der Waals surface area contributed by atoms with Gasteiger partial charge in [0, 0.05) is 25.0 Å². The van der Waals surface area contributed by atoms with Gasteiger partial charge in [-0.15, -0.1) is 0 Å². The van der Waals surface area contributed by atoms with Gasteiger partial charge in [0.2, 0.25) is 0 Å². The first-order valence-electron chi connectivity index (χ1n) is 7.13. The van der Waals surface area contributed by atoms with Gasteiger partial charge in [-0.3, -0.25) is 4.90 Å². The first-order valence-corrected chi connectivity index (χ1v) is 7.13. The molecule has 0 unspecified atom stereocenters. The molecule has 0 aliphatic rings. The number of benzene rings is 1. The van der Waals surface area contributed by atoms with E-state index in [0.717, 1.165) is 37.3 Å². The second kappa shape index (κ2) is 7.41. The largest absolute Gasteiger partial charge is 0.399 e. The molecule has 0 atom stereocenters. The summed E-state index contributed by atoms with van der Waals surface area (Å²) in [6.07, 6.45) is 2.77. The second-order valence-electron chi connectivity index (χ2n) is 5.12. The fourth-order valence-electron chi connectivity index (χ4n) is 2.37. The Morgan fingerprint density at radius 2 is 1.95 bits per heavy atom. The quantitative estimate of drug-likeness (QED) is 0.826. The zero-order chi connectivity index (χ0) is 15.1. The number of hydrogen-bond donors (Lipinski definition) is 1. The molecule has 2 rings (SSSR count). The number of nitriles is 1. The van der Waals surface area contributed by atoms with E-state index in [0.29, 0.717) is 5.69 Å². The average molecular weight is 280 g/mol. The van der Waals surface area contributed by atoms with E-state index in [1.807, 2.05) is 30.3 Å². The average Bonchev–Trinajstić information content (AvgIpc) is 2.48. The summed E-state index contributed by atoms with van der Waals surface area (Å²) in [5.41, 5.74) is 9.41. The van der Waals surface area contributed by atoms with Gasteiger partial charge in [-0.25, -0.2) is 4.98 Å². The summed E-state index contributed by atoms with van der Waals surface area (Å²) in [5.74, 6) is 0. The molecule has 0 saturated heterocycles. The highest BCUT2D eigenvalue weighted by Crippen LogP contribution is 2.13. The molecule has 0 bridgehead atoms. The van der Waals surface area contributed by atoms with Crippen molar-refractivity contribution in [2.24, 2.45) is 0 Å². The van der Waals surface area contributed by atoms with Gasteiger partial charge in [-0.05, 0) is 48.4 Å². The molecule has 4 nitrogen and oxygen atoms in total. The lowest BCUT2D eigenvalue weighted by molar-refractivity contribution is 0.257. The Kier molecular flexibility index (Phi) is 5.30. The second-order valence-corrected chi connectivity index (χ2v) is 5.12. The van der Waals surface area contributed by atoms with Crippen LogP contribution in [0.4, 0.5) is 5.69 Å². The van der Waals surface area contributed by atoms with Crippen LogP contribution in [-0.2, 0) is 13.1 Å². The Morgan fingerprint density at radius 3 is 2.62 bits per heavy atom. The number of nitrogens with two attached hydrogens (primary N) is 1. The molecule has 0 amide bonds. The molecule has 0 aliphatic carbocycles. The number of hydrogen-bond acceptors (Lipinski definition) is 4. The summed E-state index contributed by atoms with van der Waals surface area (Å²) in [5, 5.41) is 8.93. The van der Waals surface area contributed by atoms with Crippen LogP contribution in [-0.4, -0.2) is 16.4 Å². The van der Waals surface area contributed by atoms with Crippen molar-refractivity contribution in [3.63, 3.8) is 0 Å². The lowest BCUT2D eigenvalue weighted by atomic mass is 10.1. The summed E-state index contributed by atoms with van der Waals surface area (Å²) in [7, 11) is 0. The Morgan fingerprint density at radius 1 is 1.19 bits per heavy atom. The lowest BCUT2D eigenvalue weighted by Crippen LogP contribution is -2.23. The zero-order valence-electron chi connectivity index (χ0n) is 12.3. The summed E-state index contributed by atoms with van der Waals surface area (Å²) < 4.78 is 0. The summed E-state index contributed by atoms with van der Waals surface area (Å²) in [6.45, 7) is 4.82. The molecule has 0 saturated carbocycles. The van der Waals surface area contributed by atoms with Crippen LogP contribution in [0.5, 0.6) is 0 Å². The molecule has 21 heavy (non-hydrogen) atoms. The van der Waals surface area contributed by atoms with E-state index in [-0.39, 0.29) is 0 Å². The third-order valence-electron chi connectivity index (χ3n) is 3.24. The van der Waals surface area contributed by atoms with Crippen LogP contribution >= 0.6 is 0 Å². The molecule has 0 fully saturated rings. The van der Waals surface area contributed by atoms with Crippen molar-refractivity contribution < 1.29 is 0 Å². The molecule has 1 heterocycles. The Bertz CT molecular complexity index is 631. The zero-order valence-corrected chi connectivity index (χ0v) is 12.3. The maximum Gasteiger partial charge on any atom is 0.140 e. The monoisotopic (exact) mass is 280 g/mol. The predicted octanol–water partition coefficient (Wildman–Crippen LogP) is 2.95. The van der Waals surface area contributed by atoms with Crippen molar-refractivity contribution in [1.82, 2.24) is 9.88 Å². The van der Waals surface area contributed by atoms with E-state index in [9.17, 15) is 0 Å². The van der Waals surface area contributed by atoms with E-state index < -0.39 is 0 Å². The number of nitrogens with zero attached hydrogens (tertiary/aromatic N) is 3. The lowest BCUT2D eigenvalue weighted by Gasteiger charge is -2.22. The van der Waals surface area contributed by atoms with Crippen LogP contribution < -0.4 is 5.73 Å². The molecule has 4 heteroatoms. The van der Waals surface area contributed by atoms with Gasteiger partial charge in [0.1, 0.15) is 11.8 Å². The molecule has 1 aromatic heterocycles. The topological polar surface area (TPSA) is 65.9 Å². The normalized spacial score (nSPS) is 10.5. The van der Waals surface area contributed by atoms with Gasteiger partial charge in [0.15, 0.2) is 0 Å². The fourth-order valence-corrected chi connectivity index (χ4v) is 2.37. The van der Waals surface area contributed by atoms with E-state index >= 15 is 0 Å². The first kappa shape index (κ1) is 15.0. The number of aromatic nitrogens is 1. The third-order valence-corrected chi connectivity index (χ3v) is 3.24. The van der Waals surface area contributed by atoms with Crippen LogP contribution in [0.25, 0.3) is 0 Å². The van der Waals surface area contributed by atoms with Crippen molar-refractivity contribution in [2.75, 3.05) is 12.3 Å². The highest BCUT2D eigenvalue weighted by molar-refractivity contribution is 5.40. The maximum absolute atomic E-state index is 8.93. The minimum absolute atomic E-state index is 0.466. The highest BCUT2D eigenvalue weighted by atomic mass is 15.1. The molecule has 0 spiro atoms. The predicted molar refractivity (Wildman–Crippen MR) is 84.2 cm³/mol. The number of pyridine rings is 1. The van der Waals surface area contributed by atoms with Gasteiger partial charge < -0.3 is 5.73 Å². The van der Waals surface area contributed by atoms with Gasteiger partial charge in [-0.2, -0.15) is 5.26 Å². The van der Waals surface area contributed by atoms with E-state index in [1.165, 1.54) is 5.56 Å². The number of nitrogen functional groups attached to an aromatic ring is 1. The fraction of sp³-hybridized carbons (Fsp3) is 0.294. The van der Waals surface area contributed by atoms with Crippen molar-refractivity contribution in [3.05, 3.63) is 59.4 Å². The van der Waals surface area contributed by atoms with Crippen LogP contribution in [0.2, 0.25) is 0 Å². The molecule has 2 aromatic rings. The molecular formula is C17H20N4.